The number of rotatable bonds is 10. The number of carbonyl (C=O) groups excluding carboxylic acids is 2. The lowest BCUT2D eigenvalue weighted by Crippen LogP contribution is -2.53. The number of nitrogens with one attached hydrogen (secondary N) is 2. The average molecular weight is 596 g/mol. The molecule has 2 saturated heterocycles. The molecule has 2 aliphatic heterocycles. The quantitative estimate of drug-likeness (QED) is 0.322. The van der Waals surface area contributed by atoms with Crippen LogP contribution in [0.2, 0.25) is 0 Å². The summed E-state index contributed by atoms with van der Waals surface area (Å²) in [6, 6.07) is 7.52. The minimum Gasteiger partial charge on any atom is -0.444 e. The molecule has 2 amide bonds. The van der Waals surface area contributed by atoms with Crippen LogP contribution in [0.5, 0.6) is 0 Å². The van der Waals surface area contributed by atoms with Crippen LogP contribution in [-0.2, 0) is 18.8 Å². The molecular weight excluding hydrogens is 541 g/mol. The Labute approximate surface area is 260 Å². The lowest BCUT2D eigenvalue weighted by molar-refractivity contribution is -0.134. The number of carbonyl (C=O) groups is 2. The number of likely N-dealkylation sites (tertiary alicyclic amines) is 1. The molecule has 0 aromatic heterocycles. The van der Waals surface area contributed by atoms with Gasteiger partial charge in [0.1, 0.15) is 11.6 Å². The van der Waals surface area contributed by atoms with Crippen molar-refractivity contribution in [2.45, 2.75) is 124 Å². The third kappa shape index (κ3) is 8.45. The molecule has 2 aliphatic rings. The van der Waals surface area contributed by atoms with Gasteiger partial charge in [0, 0.05) is 18.4 Å². The summed E-state index contributed by atoms with van der Waals surface area (Å²) in [6.45, 7) is 26.8. The molecule has 9 heteroatoms. The molecule has 0 saturated carbocycles. The van der Waals surface area contributed by atoms with E-state index in [1.807, 2.05) is 24.9 Å². The zero-order valence-electron chi connectivity index (χ0n) is 28.3. The zero-order chi connectivity index (χ0) is 32.3. The maximum Gasteiger partial charge on any atom is 0.494 e. The predicted molar refractivity (Wildman–Crippen MR) is 175 cm³/mol. The van der Waals surface area contributed by atoms with Gasteiger partial charge >= 0.3 is 13.2 Å². The highest BCUT2D eigenvalue weighted by molar-refractivity contribution is 6.62. The highest BCUT2D eigenvalue weighted by Crippen LogP contribution is 2.36. The molecule has 3 unspecified atom stereocenters. The van der Waals surface area contributed by atoms with Crippen LogP contribution >= 0.6 is 0 Å². The Morgan fingerprint density at radius 3 is 2.21 bits per heavy atom. The number of amides is 2. The standard InChI is InChI=1S/C34H54BN3O5/c1-13-23(4)27(25-16-18-26(19-17-25)35-42-33(9,10)34(11,12)43-35)21-36-24(5)28-15-14-20-38(28)30(39)29(22(2)3)37-31(40)41-32(6,7)8/h16-19,21-23,28-29,36H,5,13-15,20H2,1-4,6-12H3,(H,37,40)/b27-21+. The molecule has 2 fully saturated rings. The number of benzene rings is 1. The van der Waals surface area contributed by atoms with Crippen molar-refractivity contribution >= 4 is 30.2 Å². The fourth-order valence-electron chi connectivity index (χ4n) is 5.33. The predicted octanol–water partition coefficient (Wildman–Crippen LogP) is 6.02. The van der Waals surface area contributed by atoms with Crippen molar-refractivity contribution in [3.63, 3.8) is 0 Å². The van der Waals surface area contributed by atoms with E-state index >= 15 is 0 Å². The van der Waals surface area contributed by atoms with E-state index in [1.54, 1.807) is 20.8 Å². The van der Waals surface area contributed by atoms with Crippen molar-refractivity contribution in [1.82, 2.24) is 15.5 Å². The lowest BCUT2D eigenvalue weighted by atomic mass is 9.78. The molecule has 1 aromatic rings. The molecule has 0 bridgehead atoms. The van der Waals surface area contributed by atoms with Gasteiger partial charge in [0.15, 0.2) is 0 Å². The summed E-state index contributed by atoms with van der Waals surface area (Å²) in [4.78, 5) is 28.0. The largest absolute Gasteiger partial charge is 0.494 e. The van der Waals surface area contributed by atoms with E-state index < -0.39 is 24.9 Å². The van der Waals surface area contributed by atoms with Crippen molar-refractivity contribution in [3.8, 4) is 0 Å². The van der Waals surface area contributed by atoms with Crippen LogP contribution in [0.1, 0.15) is 101 Å². The van der Waals surface area contributed by atoms with Gasteiger partial charge in [0.05, 0.1) is 17.2 Å². The molecule has 2 heterocycles. The van der Waals surface area contributed by atoms with Crippen LogP contribution in [-0.4, -0.2) is 59.5 Å². The first-order chi connectivity index (χ1) is 19.9. The Kier molecular flexibility index (Phi) is 10.9. The first kappa shape index (κ1) is 34.7. The van der Waals surface area contributed by atoms with Gasteiger partial charge in [-0.05, 0) is 96.2 Å². The molecule has 0 spiro atoms. The molecule has 1 aromatic carbocycles. The van der Waals surface area contributed by atoms with Crippen molar-refractivity contribution in [1.29, 1.82) is 0 Å². The maximum atomic E-state index is 13.7. The molecule has 0 aliphatic carbocycles. The van der Waals surface area contributed by atoms with Gasteiger partial charge in [-0.1, -0.05) is 58.5 Å². The fourth-order valence-corrected chi connectivity index (χ4v) is 5.33. The summed E-state index contributed by atoms with van der Waals surface area (Å²) < 4.78 is 17.9. The molecule has 0 radical (unpaired) electrons. The summed E-state index contributed by atoms with van der Waals surface area (Å²) in [7, 11) is -0.404. The molecular formula is C34H54BN3O5. The smallest absolute Gasteiger partial charge is 0.444 e. The van der Waals surface area contributed by atoms with Crippen LogP contribution in [0.25, 0.3) is 5.57 Å². The third-order valence-corrected chi connectivity index (χ3v) is 8.87. The number of hydrogen-bond donors (Lipinski definition) is 2. The van der Waals surface area contributed by atoms with Crippen molar-refractivity contribution < 1.29 is 23.6 Å². The number of allylic oxidation sites excluding steroid dienone is 1. The van der Waals surface area contributed by atoms with E-state index in [0.29, 0.717) is 12.5 Å². The second-order valence-corrected chi connectivity index (χ2v) is 14.3. The van der Waals surface area contributed by atoms with E-state index in [1.165, 1.54) is 0 Å². The minimum absolute atomic E-state index is 0.0976. The molecule has 3 rings (SSSR count). The summed E-state index contributed by atoms with van der Waals surface area (Å²) >= 11 is 0. The molecule has 8 nitrogen and oxygen atoms in total. The SMILES string of the molecule is C=C(N/C=C(/c1ccc(B2OC(C)(C)C(C)(C)O2)cc1)C(C)CC)C1CCCN1C(=O)C(NC(=O)OC(C)(C)C)C(C)C. The first-order valence-electron chi connectivity index (χ1n) is 15.8. The Morgan fingerprint density at radius 2 is 1.70 bits per heavy atom. The Balaban J connectivity index is 1.74. The number of hydrogen-bond acceptors (Lipinski definition) is 6. The van der Waals surface area contributed by atoms with Crippen molar-refractivity contribution in [2.24, 2.45) is 11.8 Å². The normalized spacial score (nSPS) is 21.5. The molecule has 43 heavy (non-hydrogen) atoms. The third-order valence-electron chi connectivity index (χ3n) is 8.87. The van der Waals surface area contributed by atoms with Crippen LogP contribution in [0.3, 0.4) is 0 Å². The van der Waals surface area contributed by atoms with E-state index in [9.17, 15) is 9.59 Å². The van der Waals surface area contributed by atoms with Gasteiger partial charge in [0.2, 0.25) is 5.91 Å². The summed E-state index contributed by atoms with van der Waals surface area (Å²) in [5.41, 5.74) is 2.60. The van der Waals surface area contributed by atoms with Gasteiger partial charge in [0.25, 0.3) is 0 Å². The molecule has 3 atom stereocenters. The average Bonchev–Trinajstić information content (AvgIpc) is 3.47. The summed E-state index contributed by atoms with van der Waals surface area (Å²) in [5, 5.41) is 6.25. The van der Waals surface area contributed by atoms with E-state index in [-0.39, 0.29) is 29.1 Å². The van der Waals surface area contributed by atoms with Gasteiger partial charge in [-0.25, -0.2) is 4.79 Å². The number of ether oxygens (including phenoxy) is 1. The summed E-state index contributed by atoms with van der Waals surface area (Å²) in [6.07, 6.45) is 4.10. The molecule has 238 valence electrons. The Morgan fingerprint density at radius 1 is 1.12 bits per heavy atom. The Bertz CT molecular complexity index is 1170. The van der Waals surface area contributed by atoms with Gasteiger partial charge in [-0.2, -0.15) is 0 Å². The minimum atomic E-state index is -0.683. The highest BCUT2D eigenvalue weighted by atomic mass is 16.7. The number of nitrogens with zero attached hydrogens (tertiary/aromatic N) is 1. The van der Waals surface area contributed by atoms with E-state index in [0.717, 1.165) is 41.6 Å². The van der Waals surface area contributed by atoms with Crippen LogP contribution in [0, 0.1) is 11.8 Å². The van der Waals surface area contributed by atoms with Gasteiger partial charge in [-0.3, -0.25) is 4.79 Å². The van der Waals surface area contributed by atoms with E-state index in [4.69, 9.17) is 14.0 Å². The Hall–Kier alpha value is -2.78. The van der Waals surface area contributed by atoms with Crippen LogP contribution in [0.15, 0.2) is 42.7 Å². The van der Waals surface area contributed by atoms with Crippen molar-refractivity contribution in [2.75, 3.05) is 6.54 Å². The van der Waals surface area contributed by atoms with Gasteiger partial charge in [-0.15, -0.1) is 0 Å². The fraction of sp³-hybridized carbons (Fsp3) is 0.647. The second-order valence-electron chi connectivity index (χ2n) is 14.3. The van der Waals surface area contributed by atoms with Crippen LogP contribution in [0.4, 0.5) is 4.79 Å². The first-order valence-corrected chi connectivity index (χ1v) is 15.8. The van der Waals surface area contributed by atoms with Gasteiger partial charge < -0.3 is 29.6 Å². The molecule has 2 N–H and O–H groups in total. The monoisotopic (exact) mass is 595 g/mol. The van der Waals surface area contributed by atoms with E-state index in [2.05, 4.69) is 83.0 Å². The number of alkyl carbamates (subject to hydrolysis) is 1. The second kappa shape index (κ2) is 13.5. The van der Waals surface area contributed by atoms with Crippen molar-refractivity contribution in [3.05, 3.63) is 48.3 Å². The maximum absolute atomic E-state index is 13.7. The topological polar surface area (TPSA) is 89.1 Å². The zero-order valence-corrected chi connectivity index (χ0v) is 28.3. The highest BCUT2D eigenvalue weighted by Gasteiger charge is 2.51. The lowest BCUT2D eigenvalue weighted by Gasteiger charge is -2.32. The van der Waals surface area contributed by atoms with Crippen LogP contribution < -0.4 is 16.1 Å². The summed E-state index contributed by atoms with van der Waals surface area (Å²) in [5.74, 6) is 0.0861.